The van der Waals surface area contributed by atoms with Gasteiger partial charge >= 0.3 is 6.18 Å². The fraction of sp³-hybridized carbons (Fsp3) is 0.167. The van der Waals surface area contributed by atoms with Gasteiger partial charge in [-0.3, -0.25) is 9.20 Å². The van der Waals surface area contributed by atoms with Crippen LogP contribution in [0.5, 0.6) is 11.5 Å². The highest BCUT2D eigenvalue weighted by atomic mass is 19.4. The van der Waals surface area contributed by atoms with E-state index in [2.05, 4.69) is 4.98 Å². The van der Waals surface area contributed by atoms with E-state index >= 15 is 0 Å². The van der Waals surface area contributed by atoms with Crippen LogP contribution >= 0.6 is 0 Å². The first-order chi connectivity index (χ1) is 12.8. The largest absolute Gasteiger partial charge is 0.497 e. The molecule has 2 heterocycles. The molecular weight excluding hydrogens is 363 g/mol. The van der Waals surface area contributed by atoms with Crippen LogP contribution in [-0.4, -0.2) is 23.1 Å². The number of ether oxygens (including phenoxy) is 2. The number of hydrogen-bond donors (Lipinski definition) is 0. The van der Waals surface area contributed by atoms with Crippen LogP contribution in [0.4, 0.5) is 13.2 Å². The zero-order valence-electron chi connectivity index (χ0n) is 13.9. The topological polar surface area (TPSA) is 76.6 Å². The average molecular weight is 375 g/mol. The van der Waals surface area contributed by atoms with Crippen molar-refractivity contribution in [1.29, 1.82) is 5.26 Å². The maximum Gasteiger partial charge on any atom is 0.434 e. The summed E-state index contributed by atoms with van der Waals surface area (Å²) >= 11 is 0. The Balaban J connectivity index is 2.23. The minimum Gasteiger partial charge on any atom is -0.497 e. The lowest BCUT2D eigenvalue weighted by Crippen LogP contribution is -2.24. The fourth-order valence-electron chi connectivity index (χ4n) is 2.55. The Labute approximate surface area is 151 Å². The third-order valence-corrected chi connectivity index (χ3v) is 3.75. The van der Waals surface area contributed by atoms with Gasteiger partial charge in [0.1, 0.15) is 23.2 Å². The van der Waals surface area contributed by atoms with Gasteiger partial charge in [-0.05, 0) is 23.8 Å². The second kappa shape index (κ2) is 6.99. The van der Waals surface area contributed by atoms with Crippen molar-refractivity contribution >= 4 is 5.65 Å². The van der Waals surface area contributed by atoms with Gasteiger partial charge in [0.15, 0.2) is 12.3 Å². The summed E-state index contributed by atoms with van der Waals surface area (Å²) in [6.07, 6.45) is -3.53. The predicted molar refractivity (Wildman–Crippen MR) is 89.6 cm³/mol. The molecule has 0 aliphatic carbocycles. The number of methoxy groups -OCH3 is 1. The summed E-state index contributed by atoms with van der Waals surface area (Å²) in [5.41, 5.74) is -2.86. The lowest BCUT2D eigenvalue weighted by molar-refractivity contribution is -0.140. The van der Waals surface area contributed by atoms with Crippen LogP contribution in [0.2, 0.25) is 0 Å². The summed E-state index contributed by atoms with van der Waals surface area (Å²) in [5.74, 6) is 0.578. The standard InChI is InChI=1S/C18H12F3N3O3/c1-26-13-6-8-24-14(10-13)23-16(18(19,20)21)15(17(24)25)11-2-4-12(5-3-11)27-9-7-22/h2-6,8,10H,9H2,1H3. The highest BCUT2D eigenvalue weighted by Crippen LogP contribution is 2.34. The molecule has 3 rings (SSSR count). The van der Waals surface area contributed by atoms with Crippen molar-refractivity contribution in [2.75, 3.05) is 13.7 Å². The van der Waals surface area contributed by atoms with Crippen LogP contribution in [0, 0.1) is 11.3 Å². The molecule has 0 amide bonds. The Morgan fingerprint density at radius 2 is 1.89 bits per heavy atom. The van der Waals surface area contributed by atoms with E-state index in [-0.39, 0.29) is 23.6 Å². The van der Waals surface area contributed by atoms with E-state index in [1.54, 1.807) is 6.07 Å². The number of halogens is 3. The second-order valence-corrected chi connectivity index (χ2v) is 5.40. The quantitative estimate of drug-likeness (QED) is 0.699. The summed E-state index contributed by atoms with van der Waals surface area (Å²) in [6, 6.07) is 9.88. The molecule has 3 aromatic rings. The highest BCUT2D eigenvalue weighted by molar-refractivity contribution is 5.68. The number of fused-ring (bicyclic) bond motifs is 1. The molecule has 2 aromatic heterocycles. The Morgan fingerprint density at radius 1 is 1.19 bits per heavy atom. The number of nitriles is 1. The number of alkyl halides is 3. The predicted octanol–water partition coefficient (Wildman–Crippen LogP) is 3.29. The van der Waals surface area contributed by atoms with Crippen LogP contribution < -0.4 is 15.0 Å². The fourth-order valence-corrected chi connectivity index (χ4v) is 2.55. The van der Waals surface area contributed by atoms with Gasteiger partial charge in [0, 0.05) is 12.3 Å². The van der Waals surface area contributed by atoms with Gasteiger partial charge in [-0.2, -0.15) is 18.4 Å². The normalized spacial score (nSPS) is 11.2. The van der Waals surface area contributed by atoms with Crippen LogP contribution in [0.1, 0.15) is 5.69 Å². The molecule has 0 saturated heterocycles. The molecule has 0 spiro atoms. The summed E-state index contributed by atoms with van der Waals surface area (Å²) < 4.78 is 51.8. The van der Waals surface area contributed by atoms with Gasteiger partial charge in [-0.1, -0.05) is 12.1 Å². The van der Waals surface area contributed by atoms with Gasteiger partial charge in [0.05, 0.1) is 12.7 Å². The third-order valence-electron chi connectivity index (χ3n) is 3.75. The minimum absolute atomic E-state index is 0.0364. The Morgan fingerprint density at radius 3 is 2.48 bits per heavy atom. The summed E-state index contributed by atoms with van der Waals surface area (Å²) in [5, 5.41) is 8.50. The molecule has 0 atom stereocenters. The Hall–Kier alpha value is -3.54. The van der Waals surface area contributed by atoms with Gasteiger partial charge < -0.3 is 9.47 Å². The van der Waals surface area contributed by atoms with E-state index in [0.29, 0.717) is 5.75 Å². The van der Waals surface area contributed by atoms with Crippen molar-refractivity contribution in [1.82, 2.24) is 9.38 Å². The monoisotopic (exact) mass is 375 g/mol. The maximum absolute atomic E-state index is 13.6. The van der Waals surface area contributed by atoms with Crippen molar-refractivity contribution in [3.8, 4) is 28.7 Å². The van der Waals surface area contributed by atoms with Gasteiger partial charge in [0.2, 0.25) is 0 Å². The van der Waals surface area contributed by atoms with Crippen LogP contribution in [0.3, 0.4) is 0 Å². The van der Waals surface area contributed by atoms with Gasteiger partial charge in [-0.25, -0.2) is 4.98 Å². The van der Waals surface area contributed by atoms with Crippen molar-refractivity contribution in [3.63, 3.8) is 0 Å². The van der Waals surface area contributed by atoms with E-state index in [4.69, 9.17) is 14.7 Å². The van der Waals surface area contributed by atoms with Crippen molar-refractivity contribution in [3.05, 3.63) is 58.6 Å². The third kappa shape index (κ3) is 3.55. The van der Waals surface area contributed by atoms with E-state index in [1.165, 1.54) is 49.7 Å². The molecule has 0 unspecified atom stereocenters. The van der Waals surface area contributed by atoms with Crippen LogP contribution in [0.25, 0.3) is 16.8 Å². The molecular formula is C18H12F3N3O3. The van der Waals surface area contributed by atoms with E-state index < -0.39 is 23.0 Å². The lowest BCUT2D eigenvalue weighted by Gasteiger charge is -2.14. The maximum atomic E-state index is 13.6. The van der Waals surface area contributed by atoms with Crippen molar-refractivity contribution in [2.45, 2.75) is 6.18 Å². The first-order valence-electron chi connectivity index (χ1n) is 7.63. The van der Waals surface area contributed by atoms with Gasteiger partial charge in [-0.15, -0.1) is 0 Å². The molecule has 0 aliphatic heterocycles. The van der Waals surface area contributed by atoms with Crippen LogP contribution in [0.15, 0.2) is 47.4 Å². The molecule has 0 N–H and O–H groups in total. The Kier molecular flexibility index (Phi) is 4.73. The molecule has 0 radical (unpaired) electrons. The molecule has 138 valence electrons. The smallest absolute Gasteiger partial charge is 0.434 e. The average Bonchev–Trinajstić information content (AvgIpc) is 2.65. The zero-order valence-corrected chi connectivity index (χ0v) is 13.9. The number of hydrogen-bond acceptors (Lipinski definition) is 5. The minimum atomic E-state index is -4.83. The zero-order chi connectivity index (χ0) is 19.6. The number of aromatic nitrogens is 2. The number of benzene rings is 1. The molecule has 0 saturated carbocycles. The first kappa shape index (κ1) is 18.3. The molecule has 9 heteroatoms. The first-order valence-corrected chi connectivity index (χ1v) is 7.63. The number of nitrogens with zero attached hydrogens (tertiary/aromatic N) is 3. The van der Waals surface area contributed by atoms with Crippen molar-refractivity contribution in [2.24, 2.45) is 0 Å². The van der Waals surface area contributed by atoms with Crippen LogP contribution in [-0.2, 0) is 6.18 Å². The van der Waals surface area contributed by atoms with E-state index in [1.807, 2.05) is 0 Å². The SMILES string of the molecule is COc1ccn2c(=O)c(-c3ccc(OCC#N)cc3)c(C(F)(F)F)nc2c1. The molecule has 1 aromatic carbocycles. The lowest BCUT2D eigenvalue weighted by atomic mass is 10.0. The molecule has 6 nitrogen and oxygen atoms in total. The number of rotatable bonds is 4. The van der Waals surface area contributed by atoms with Gasteiger partial charge in [0.25, 0.3) is 5.56 Å². The van der Waals surface area contributed by atoms with Crippen molar-refractivity contribution < 1.29 is 22.6 Å². The molecule has 0 fully saturated rings. The van der Waals surface area contributed by atoms with E-state index in [0.717, 1.165) is 4.40 Å². The molecule has 0 aliphatic rings. The Bertz CT molecular complexity index is 1080. The molecule has 27 heavy (non-hydrogen) atoms. The highest BCUT2D eigenvalue weighted by Gasteiger charge is 2.38. The summed E-state index contributed by atoms with van der Waals surface area (Å²) in [7, 11) is 1.36. The number of pyridine rings is 1. The van der Waals surface area contributed by atoms with E-state index in [9.17, 15) is 18.0 Å². The molecule has 0 bridgehead atoms. The summed E-state index contributed by atoms with van der Waals surface area (Å²) in [4.78, 5) is 16.4. The summed E-state index contributed by atoms with van der Waals surface area (Å²) in [6.45, 7) is -0.199. The second-order valence-electron chi connectivity index (χ2n) is 5.40.